The molecule has 3 N–H and O–H groups in total. The van der Waals surface area contributed by atoms with Gasteiger partial charge in [-0.3, -0.25) is 9.69 Å². The van der Waals surface area contributed by atoms with E-state index in [1.807, 2.05) is 11.8 Å². The molecule has 0 saturated heterocycles. The van der Waals surface area contributed by atoms with Crippen molar-refractivity contribution in [3.63, 3.8) is 0 Å². The highest BCUT2D eigenvalue weighted by molar-refractivity contribution is 5.79. The molecule has 13 heavy (non-hydrogen) atoms. The molecule has 0 bridgehead atoms. The summed E-state index contributed by atoms with van der Waals surface area (Å²) in [6.45, 7) is 8.26. The number of nitrogens with zero attached hydrogens (tertiary/aromatic N) is 1. The number of likely N-dealkylation sites (N-methyl/N-ethyl adjacent to an activating group) is 1. The molecule has 1 unspecified atom stereocenters. The first-order chi connectivity index (χ1) is 5.78. The number of carbonyl (C=O) groups is 1. The number of nitrogens with two attached hydrogens (primary N) is 1. The van der Waals surface area contributed by atoms with E-state index in [4.69, 9.17) is 5.73 Å². The Morgan fingerprint density at radius 1 is 1.62 bits per heavy atom. The number of amides is 1. The Labute approximate surface area is 79.7 Å². The summed E-state index contributed by atoms with van der Waals surface area (Å²) in [4.78, 5) is 12.7. The number of hydrogen-bond acceptors (Lipinski definition) is 3. The van der Waals surface area contributed by atoms with Crippen LogP contribution in [-0.4, -0.2) is 40.6 Å². The molecule has 1 atom stereocenters. The molecule has 0 radical (unpaired) electrons. The predicted molar refractivity (Wildman–Crippen MR) is 52.2 cm³/mol. The van der Waals surface area contributed by atoms with Crippen molar-refractivity contribution >= 4 is 5.91 Å². The van der Waals surface area contributed by atoms with E-state index in [0.29, 0.717) is 13.1 Å². The maximum Gasteiger partial charge on any atom is 0.234 e. The van der Waals surface area contributed by atoms with Gasteiger partial charge in [-0.2, -0.15) is 0 Å². The van der Waals surface area contributed by atoms with Crippen LogP contribution in [0.3, 0.4) is 0 Å². The van der Waals surface area contributed by atoms with E-state index in [2.05, 4.69) is 0 Å². The molecular formula is C9H20N2O2. The molecule has 0 rings (SSSR count). The van der Waals surface area contributed by atoms with Crippen molar-refractivity contribution in [2.45, 2.75) is 39.3 Å². The summed E-state index contributed by atoms with van der Waals surface area (Å²) in [5.41, 5.74) is 4.38. The van der Waals surface area contributed by atoms with Gasteiger partial charge in [-0.1, -0.05) is 6.92 Å². The minimum atomic E-state index is -0.792. The van der Waals surface area contributed by atoms with Crippen LogP contribution >= 0.6 is 0 Å². The van der Waals surface area contributed by atoms with E-state index < -0.39 is 5.60 Å². The third-order valence-corrected chi connectivity index (χ3v) is 1.96. The lowest BCUT2D eigenvalue weighted by Crippen LogP contribution is -2.48. The van der Waals surface area contributed by atoms with Crippen LogP contribution in [0.15, 0.2) is 0 Å². The highest BCUT2D eigenvalue weighted by atomic mass is 16.3. The number of carbonyl (C=O) groups excluding carboxylic acids is 1. The molecule has 0 saturated carbocycles. The first-order valence-electron chi connectivity index (χ1n) is 4.53. The van der Waals surface area contributed by atoms with Crippen LogP contribution in [0, 0.1) is 0 Å². The average Bonchev–Trinajstić information content (AvgIpc) is 1.97. The summed E-state index contributed by atoms with van der Waals surface area (Å²) in [6, 6.07) is -0.323. The summed E-state index contributed by atoms with van der Waals surface area (Å²) in [5, 5.41) is 9.56. The van der Waals surface area contributed by atoms with Gasteiger partial charge in [0.15, 0.2) is 0 Å². The Hall–Kier alpha value is -0.610. The second kappa shape index (κ2) is 4.58. The van der Waals surface area contributed by atoms with Crippen LogP contribution in [0.2, 0.25) is 0 Å². The number of primary amides is 1. The first-order valence-corrected chi connectivity index (χ1v) is 4.53. The zero-order chi connectivity index (χ0) is 10.6. The van der Waals surface area contributed by atoms with Gasteiger partial charge in [-0.15, -0.1) is 0 Å². The Bertz CT molecular complexity index is 175. The van der Waals surface area contributed by atoms with Crippen molar-refractivity contribution in [3.05, 3.63) is 0 Å². The summed E-state index contributed by atoms with van der Waals surface area (Å²) in [7, 11) is 0. The zero-order valence-corrected chi connectivity index (χ0v) is 8.87. The fourth-order valence-corrected chi connectivity index (χ4v) is 1.20. The minimum absolute atomic E-state index is 0.323. The molecule has 0 aromatic carbocycles. The van der Waals surface area contributed by atoms with Gasteiger partial charge in [0.1, 0.15) is 0 Å². The molecule has 0 aliphatic carbocycles. The SMILES string of the molecule is CCN(CC(C)(C)O)C(C)C(N)=O. The van der Waals surface area contributed by atoms with Crippen LogP contribution in [0.1, 0.15) is 27.7 Å². The van der Waals surface area contributed by atoms with Crippen LogP contribution in [0.5, 0.6) is 0 Å². The summed E-state index contributed by atoms with van der Waals surface area (Å²) in [6.07, 6.45) is 0. The smallest absolute Gasteiger partial charge is 0.234 e. The van der Waals surface area contributed by atoms with Crippen LogP contribution in [0.4, 0.5) is 0 Å². The summed E-state index contributed by atoms with van der Waals surface area (Å²) < 4.78 is 0. The lowest BCUT2D eigenvalue weighted by molar-refractivity contribution is -0.123. The fourth-order valence-electron chi connectivity index (χ4n) is 1.20. The lowest BCUT2D eigenvalue weighted by atomic mass is 10.1. The maximum atomic E-state index is 10.9. The Balaban J connectivity index is 4.26. The van der Waals surface area contributed by atoms with Crippen LogP contribution < -0.4 is 5.73 Å². The van der Waals surface area contributed by atoms with Crippen molar-refractivity contribution in [3.8, 4) is 0 Å². The minimum Gasteiger partial charge on any atom is -0.389 e. The van der Waals surface area contributed by atoms with Crippen LogP contribution in [-0.2, 0) is 4.79 Å². The van der Waals surface area contributed by atoms with Gasteiger partial charge in [0.2, 0.25) is 5.91 Å². The highest BCUT2D eigenvalue weighted by Crippen LogP contribution is 2.07. The van der Waals surface area contributed by atoms with E-state index in [9.17, 15) is 9.90 Å². The maximum absolute atomic E-state index is 10.9. The third kappa shape index (κ3) is 4.85. The molecular weight excluding hydrogens is 168 g/mol. The van der Waals surface area contributed by atoms with Crippen LogP contribution in [0.25, 0.3) is 0 Å². The number of rotatable bonds is 5. The van der Waals surface area contributed by atoms with E-state index in [-0.39, 0.29) is 11.9 Å². The molecule has 0 spiro atoms. The van der Waals surface area contributed by atoms with Crippen molar-refractivity contribution in [2.24, 2.45) is 5.73 Å². The number of aliphatic hydroxyl groups is 1. The standard InChI is InChI=1S/C9H20N2O2/c1-5-11(6-9(3,4)13)7(2)8(10)12/h7,13H,5-6H2,1-4H3,(H2,10,12). The van der Waals surface area contributed by atoms with Crippen molar-refractivity contribution in [2.75, 3.05) is 13.1 Å². The molecule has 4 heteroatoms. The molecule has 0 aromatic heterocycles. The second-order valence-electron chi connectivity index (χ2n) is 3.95. The van der Waals surface area contributed by atoms with Gasteiger partial charge in [-0.25, -0.2) is 0 Å². The largest absolute Gasteiger partial charge is 0.389 e. The molecule has 1 amide bonds. The molecule has 4 nitrogen and oxygen atoms in total. The van der Waals surface area contributed by atoms with Gasteiger partial charge in [0, 0.05) is 6.54 Å². The van der Waals surface area contributed by atoms with Gasteiger partial charge in [-0.05, 0) is 27.3 Å². The van der Waals surface area contributed by atoms with E-state index in [0.717, 1.165) is 0 Å². The Morgan fingerprint density at radius 2 is 2.08 bits per heavy atom. The van der Waals surface area contributed by atoms with Gasteiger partial charge in [0.25, 0.3) is 0 Å². The number of hydrogen-bond donors (Lipinski definition) is 2. The van der Waals surface area contributed by atoms with Gasteiger partial charge >= 0.3 is 0 Å². The Morgan fingerprint density at radius 3 is 2.31 bits per heavy atom. The Kier molecular flexibility index (Phi) is 4.36. The molecule has 78 valence electrons. The molecule has 0 fully saturated rings. The summed E-state index contributed by atoms with van der Waals surface area (Å²) in [5.74, 6) is -0.355. The molecule has 0 aromatic rings. The van der Waals surface area contributed by atoms with E-state index >= 15 is 0 Å². The quantitative estimate of drug-likeness (QED) is 0.636. The normalized spacial score (nSPS) is 14.6. The monoisotopic (exact) mass is 188 g/mol. The summed E-state index contributed by atoms with van der Waals surface area (Å²) >= 11 is 0. The zero-order valence-electron chi connectivity index (χ0n) is 8.87. The molecule has 0 heterocycles. The average molecular weight is 188 g/mol. The van der Waals surface area contributed by atoms with E-state index in [1.165, 1.54) is 0 Å². The van der Waals surface area contributed by atoms with Crippen molar-refractivity contribution < 1.29 is 9.90 Å². The molecule has 0 aliphatic heterocycles. The van der Waals surface area contributed by atoms with Gasteiger partial charge < -0.3 is 10.8 Å². The van der Waals surface area contributed by atoms with E-state index in [1.54, 1.807) is 20.8 Å². The lowest BCUT2D eigenvalue weighted by Gasteiger charge is -2.31. The first kappa shape index (κ1) is 12.4. The van der Waals surface area contributed by atoms with Crippen molar-refractivity contribution in [1.29, 1.82) is 0 Å². The highest BCUT2D eigenvalue weighted by Gasteiger charge is 2.23. The topological polar surface area (TPSA) is 66.6 Å². The predicted octanol–water partition coefficient (Wildman–Crippen LogP) is -0.0470. The second-order valence-corrected chi connectivity index (χ2v) is 3.95. The van der Waals surface area contributed by atoms with Crippen molar-refractivity contribution in [1.82, 2.24) is 4.90 Å². The molecule has 0 aliphatic rings. The third-order valence-electron chi connectivity index (χ3n) is 1.96. The van der Waals surface area contributed by atoms with Gasteiger partial charge in [0.05, 0.1) is 11.6 Å². The fraction of sp³-hybridized carbons (Fsp3) is 0.889.